The Balaban J connectivity index is 1.93. The molecule has 1 amide bonds. The molecule has 0 bridgehead atoms. The van der Waals surface area contributed by atoms with E-state index < -0.39 is 0 Å². The SMILES string of the molecule is CCCNc1nc(Nc2cccc(F)c2)ncc1C#CCCCNC(=O)[C@H](CC(C)C)NC. The van der Waals surface area contributed by atoms with Crippen LogP contribution in [0.4, 0.5) is 21.8 Å². The van der Waals surface area contributed by atoms with Gasteiger partial charge in [-0.2, -0.15) is 4.98 Å². The van der Waals surface area contributed by atoms with Crippen LogP contribution in [0.1, 0.15) is 52.0 Å². The van der Waals surface area contributed by atoms with E-state index in [2.05, 4.69) is 63.8 Å². The zero-order valence-electron chi connectivity index (χ0n) is 20.0. The second-order valence-corrected chi connectivity index (χ2v) is 8.19. The molecule has 0 aliphatic carbocycles. The van der Waals surface area contributed by atoms with Crippen LogP contribution in [-0.4, -0.2) is 42.1 Å². The minimum atomic E-state index is -0.329. The molecule has 2 rings (SSSR count). The number of carbonyl (C=O) groups is 1. The summed E-state index contributed by atoms with van der Waals surface area (Å²) < 4.78 is 13.4. The van der Waals surface area contributed by atoms with Crippen molar-refractivity contribution in [3.05, 3.63) is 41.8 Å². The Morgan fingerprint density at radius 2 is 2.06 bits per heavy atom. The highest BCUT2D eigenvalue weighted by molar-refractivity contribution is 5.81. The van der Waals surface area contributed by atoms with Crippen molar-refractivity contribution >= 4 is 23.4 Å². The average molecular weight is 455 g/mol. The van der Waals surface area contributed by atoms with Crippen LogP contribution < -0.4 is 21.3 Å². The van der Waals surface area contributed by atoms with Crippen LogP contribution >= 0.6 is 0 Å². The van der Waals surface area contributed by atoms with Crippen molar-refractivity contribution < 1.29 is 9.18 Å². The first-order valence-electron chi connectivity index (χ1n) is 11.5. The van der Waals surface area contributed by atoms with Crippen molar-refractivity contribution in [3.8, 4) is 11.8 Å². The molecule has 8 heteroatoms. The minimum absolute atomic E-state index is 0.0278. The van der Waals surface area contributed by atoms with E-state index >= 15 is 0 Å². The van der Waals surface area contributed by atoms with Crippen LogP contribution in [0, 0.1) is 23.6 Å². The van der Waals surface area contributed by atoms with Crippen LogP contribution in [0.5, 0.6) is 0 Å². The number of rotatable bonds is 12. The van der Waals surface area contributed by atoms with E-state index in [1.54, 1.807) is 18.3 Å². The molecule has 4 N–H and O–H groups in total. The molecule has 0 radical (unpaired) electrons. The van der Waals surface area contributed by atoms with Gasteiger partial charge < -0.3 is 21.3 Å². The van der Waals surface area contributed by atoms with Gasteiger partial charge in [0.1, 0.15) is 11.6 Å². The first-order chi connectivity index (χ1) is 15.9. The lowest BCUT2D eigenvalue weighted by atomic mass is 10.0. The molecule has 1 aromatic heterocycles. The number of hydrogen-bond donors (Lipinski definition) is 4. The highest BCUT2D eigenvalue weighted by Gasteiger charge is 2.16. The van der Waals surface area contributed by atoms with Crippen LogP contribution in [0.2, 0.25) is 0 Å². The van der Waals surface area contributed by atoms with Gasteiger partial charge in [-0.15, -0.1) is 0 Å². The fourth-order valence-corrected chi connectivity index (χ4v) is 3.10. The summed E-state index contributed by atoms with van der Waals surface area (Å²) in [5.41, 5.74) is 1.27. The number of unbranched alkanes of at least 4 members (excludes halogenated alkanes) is 1. The number of halogens is 1. The fourth-order valence-electron chi connectivity index (χ4n) is 3.10. The number of hydrogen-bond acceptors (Lipinski definition) is 6. The second kappa shape index (κ2) is 14.1. The number of likely N-dealkylation sites (N-methyl/N-ethyl adjacent to an activating group) is 1. The summed E-state index contributed by atoms with van der Waals surface area (Å²) in [6, 6.07) is 5.98. The number of amides is 1. The summed E-state index contributed by atoms with van der Waals surface area (Å²) >= 11 is 0. The predicted molar refractivity (Wildman–Crippen MR) is 132 cm³/mol. The van der Waals surface area contributed by atoms with Gasteiger partial charge in [-0.1, -0.05) is 38.7 Å². The van der Waals surface area contributed by atoms with Crippen LogP contribution in [-0.2, 0) is 4.79 Å². The van der Waals surface area contributed by atoms with Crippen LogP contribution in [0.3, 0.4) is 0 Å². The highest BCUT2D eigenvalue weighted by Crippen LogP contribution is 2.18. The third kappa shape index (κ3) is 9.46. The molecule has 0 saturated heterocycles. The first-order valence-corrected chi connectivity index (χ1v) is 11.5. The fraction of sp³-hybridized carbons (Fsp3) is 0.480. The van der Waals surface area contributed by atoms with E-state index in [1.165, 1.54) is 12.1 Å². The maximum atomic E-state index is 13.4. The smallest absolute Gasteiger partial charge is 0.237 e. The van der Waals surface area contributed by atoms with Gasteiger partial charge in [0, 0.05) is 25.2 Å². The summed E-state index contributed by atoms with van der Waals surface area (Å²) in [5, 5.41) is 12.3. The summed E-state index contributed by atoms with van der Waals surface area (Å²) in [4.78, 5) is 21.0. The number of nitrogens with one attached hydrogen (secondary N) is 4. The Labute approximate surface area is 196 Å². The number of aromatic nitrogens is 2. The molecular weight excluding hydrogens is 419 g/mol. The van der Waals surface area contributed by atoms with E-state index in [9.17, 15) is 9.18 Å². The van der Waals surface area contributed by atoms with Gasteiger partial charge in [-0.3, -0.25) is 4.79 Å². The number of benzene rings is 1. The third-order valence-corrected chi connectivity index (χ3v) is 4.78. The Bertz CT molecular complexity index is 953. The van der Waals surface area contributed by atoms with Gasteiger partial charge in [-0.05, 0) is 50.4 Å². The van der Waals surface area contributed by atoms with Gasteiger partial charge in [0.15, 0.2) is 0 Å². The molecule has 0 aliphatic heterocycles. The molecule has 0 unspecified atom stereocenters. The van der Waals surface area contributed by atoms with Gasteiger partial charge >= 0.3 is 0 Å². The zero-order valence-corrected chi connectivity index (χ0v) is 20.0. The van der Waals surface area contributed by atoms with Crippen LogP contribution in [0.25, 0.3) is 0 Å². The number of anilines is 3. The van der Waals surface area contributed by atoms with Crippen molar-refractivity contribution in [1.82, 2.24) is 20.6 Å². The Morgan fingerprint density at radius 3 is 2.76 bits per heavy atom. The van der Waals surface area contributed by atoms with Crippen LogP contribution in [0.15, 0.2) is 30.5 Å². The summed E-state index contributed by atoms with van der Waals surface area (Å²) in [6.07, 6.45) is 4.80. The van der Waals surface area contributed by atoms with Crippen molar-refractivity contribution in [2.24, 2.45) is 5.92 Å². The third-order valence-electron chi connectivity index (χ3n) is 4.78. The molecule has 1 atom stereocenters. The van der Waals surface area contributed by atoms with Crippen molar-refractivity contribution in [2.45, 2.75) is 52.5 Å². The van der Waals surface area contributed by atoms with Gasteiger partial charge in [0.2, 0.25) is 11.9 Å². The monoisotopic (exact) mass is 454 g/mol. The standard InChI is InChI=1S/C25H35FN6O/c1-5-13-28-23-19(17-30-25(32-23)31-21-12-9-11-20(26)16-21)10-7-6-8-14-29-24(33)22(27-4)15-18(2)3/h9,11-12,16-18,22,27H,5-6,8,13-15H2,1-4H3,(H,29,33)(H2,28,30,31,32)/t22-/m0/s1. The minimum Gasteiger partial charge on any atom is -0.369 e. The van der Waals surface area contributed by atoms with E-state index in [4.69, 9.17) is 0 Å². The van der Waals surface area contributed by atoms with Crippen molar-refractivity contribution in [2.75, 3.05) is 30.8 Å². The molecular formula is C25H35FN6O. The molecule has 0 fully saturated rings. The highest BCUT2D eigenvalue weighted by atomic mass is 19.1. The second-order valence-electron chi connectivity index (χ2n) is 8.19. The molecule has 1 aromatic carbocycles. The maximum absolute atomic E-state index is 13.4. The van der Waals surface area contributed by atoms with Gasteiger partial charge in [-0.25, -0.2) is 9.37 Å². The Hall–Kier alpha value is -3.18. The molecule has 2 aromatic rings. The molecule has 0 spiro atoms. The average Bonchev–Trinajstić information content (AvgIpc) is 2.79. The lowest BCUT2D eigenvalue weighted by Gasteiger charge is -2.17. The molecule has 1 heterocycles. The summed E-state index contributed by atoms with van der Waals surface area (Å²) in [5.74, 6) is 7.41. The van der Waals surface area contributed by atoms with E-state index in [0.29, 0.717) is 41.9 Å². The topological polar surface area (TPSA) is 91.0 Å². The summed E-state index contributed by atoms with van der Waals surface area (Å²) in [7, 11) is 1.81. The Kier molecular flexibility index (Phi) is 11.1. The lowest BCUT2D eigenvalue weighted by molar-refractivity contribution is -0.123. The quantitative estimate of drug-likeness (QED) is 0.286. The molecule has 178 valence electrons. The molecule has 7 nitrogen and oxygen atoms in total. The van der Waals surface area contributed by atoms with E-state index in [-0.39, 0.29) is 17.8 Å². The number of carbonyl (C=O) groups excluding carboxylic acids is 1. The first kappa shape index (κ1) is 26.1. The predicted octanol–water partition coefficient (Wildman–Crippen LogP) is 4.06. The lowest BCUT2D eigenvalue weighted by Crippen LogP contribution is -2.43. The maximum Gasteiger partial charge on any atom is 0.237 e. The Morgan fingerprint density at radius 1 is 1.24 bits per heavy atom. The van der Waals surface area contributed by atoms with Crippen molar-refractivity contribution in [1.29, 1.82) is 0 Å². The van der Waals surface area contributed by atoms with E-state index in [0.717, 1.165) is 25.8 Å². The summed E-state index contributed by atoms with van der Waals surface area (Å²) in [6.45, 7) is 7.60. The van der Waals surface area contributed by atoms with Crippen molar-refractivity contribution in [3.63, 3.8) is 0 Å². The molecule has 33 heavy (non-hydrogen) atoms. The number of nitrogens with zero attached hydrogens (tertiary/aromatic N) is 2. The normalized spacial score (nSPS) is 11.5. The zero-order chi connectivity index (χ0) is 24.1. The van der Waals surface area contributed by atoms with Gasteiger partial charge in [0.05, 0.1) is 17.8 Å². The largest absolute Gasteiger partial charge is 0.369 e. The van der Waals surface area contributed by atoms with E-state index in [1.807, 2.05) is 7.05 Å². The van der Waals surface area contributed by atoms with Gasteiger partial charge in [0.25, 0.3) is 0 Å². The molecule has 0 aliphatic rings. The molecule has 0 saturated carbocycles.